The van der Waals surface area contributed by atoms with Gasteiger partial charge in [0.1, 0.15) is 0 Å². The number of hydrogen-bond acceptors (Lipinski definition) is 1. The molecule has 0 aliphatic heterocycles. The lowest BCUT2D eigenvalue weighted by molar-refractivity contribution is 0.0496. The van der Waals surface area contributed by atoms with Crippen LogP contribution in [-0.2, 0) is 0 Å². The Morgan fingerprint density at radius 3 is 2.72 bits per heavy atom. The third-order valence-electron chi connectivity index (χ3n) is 6.12. The second kappa shape index (κ2) is 5.15. The Morgan fingerprint density at radius 1 is 1.06 bits per heavy atom. The Labute approximate surface area is 113 Å². The van der Waals surface area contributed by atoms with Crippen molar-refractivity contribution >= 4 is 0 Å². The summed E-state index contributed by atoms with van der Waals surface area (Å²) in [5, 5.41) is 3.56. The molecule has 1 N–H and O–H groups in total. The fourth-order valence-corrected chi connectivity index (χ4v) is 5.52. The zero-order chi connectivity index (χ0) is 12.6. The highest BCUT2D eigenvalue weighted by Crippen LogP contribution is 2.64. The number of rotatable bonds is 6. The van der Waals surface area contributed by atoms with Crippen LogP contribution in [0.5, 0.6) is 0 Å². The standard InChI is InChI=1S/C17H31N/c1-13(2)18-8-4-3-7-17-11-14-5-6-16(17)10-15(9-14)12-17/h13-16,18H,3-12H2,1-2H3. The van der Waals surface area contributed by atoms with Crippen molar-refractivity contribution in [1.82, 2.24) is 5.32 Å². The molecule has 104 valence electrons. The lowest BCUT2D eigenvalue weighted by Crippen LogP contribution is -2.35. The van der Waals surface area contributed by atoms with Crippen LogP contribution in [-0.4, -0.2) is 12.6 Å². The zero-order valence-corrected chi connectivity index (χ0v) is 12.4. The Balaban J connectivity index is 1.47. The first-order chi connectivity index (χ1) is 8.68. The van der Waals surface area contributed by atoms with Crippen LogP contribution >= 0.6 is 0 Å². The van der Waals surface area contributed by atoms with E-state index in [4.69, 9.17) is 0 Å². The van der Waals surface area contributed by atoms with E-state index in [0.29, 0.717) is 6.04 Å². The van der Waals surface area contributed by atoms with E-state index in [9.17, 15) is 0 Å². The third-order valence-corrected chi connectivity index (χ3v) is 6.12. The van der Waals surface area contributed by atoms with Crippen LogP contribution in [0, 0.1) is 23.2 Å². The highest BCUT2D eigenvalue weighted by molar-refractivity contribution is 5.04. The van der Waals surface area contributed by atoms with Crippen LogP contribution in [0.15, 0.2) is 0 Å². The molecule has 3 aliphatic rings. The van der Waals surface area contributed by atoms with Gasteiger partial charge in [0, 0.05) is 6.04 Å². The van der Waals surface area contributed by atoms with Gasteiger partial charge >= 0.3 is 0 Å². The highest BCUT2D eigenvalue weighted by Gasteiger charge is 2.53. The van der Waals surface area contributed by atoms with Crippen LogP contribution in [0.25, 0.3) is 0 Å². The molecule has 0 aromatic heterocycles. The van der Waals surface area contributed by atoms with Gasteiger partial charge in [-0.2, -0.15) is 0 Å². The van der Waals surface area contributed by atoms with Gasteiger partial charge in [-0.25, -0.2) is 0 Å². The lowest BCUT2D eigenvalue weighted by Gasteiger charge is -2.46. The van der Waals surface area contributed by atoms with E-state index in [2.05, 4.69) is 19.2 Å². The molecule has 3 aliphatic carbocycles. The van der Waals surface area contributed by atoms with Gasteiger partial charge in [0.25, 0.3) is 0 Å². The summed E-state index contributed by atoms with van der Waals surface area (Å²) in [7, 11) is 0. The van der Waals surface area contributed by atoms with E-state index >= 15 is 0 Å². The summed E-state index contributed by atoms with van der Waals surface area (Å²) in [6.07, 6.45) is 13.9. The molecule has 3 rings (SSSR count). The average molecular weight is 249 g/mol. The number of nitrogens with one attached hydrogen (secondary N) is 1. The summed E-state index contributed by atoms with van der Waals surface area (Å²) in [6, 6.07) is 0.657. The average Bonchev–Trinajstić information content (AvgIpc) is 2.45. The third kappa shape index (κ3) is 2.48. The van der Waals surface area contributed by atoms with Crippen LogP contribution in [0.3, 0.4) is 0 Å². The first kappa shape index (κ1) is 13.0. The number of unbranched alkanes of at least 4 members (excludes halogenated alkanes) is 1. The minimum atomic E-state index is 0.657. The SMILES string of the molecule is CC(C)NCCCCC12CC3CCC1CC(C3)C2. The van der Waals surface area contributed by atoms with E-state index in [1.807, 2.05) is 0 Å². The van der Waals surface area contributed by atoms with Crippen molar-refractivity contribution in [2.45, 2.75) is 77.7 Å². The van der Waals surface area contributed by atoms with Crippen molar-refractivity contribution in [3.05, 3.63) is 0 Å². The number of hydrogen-bond donors (Lipinski definition) is 1. The van der Waals surface area contributed by atoms with E-state index in [1.54, 1.807) is 44.9 Å². The molecule has 1 nitrogen and oxygen atoms in total. The molecule has 18 heavy (non-hydrogen) atoms. The quantitative estimate of drug-likeness (QED) is 0.689. The Hall–Kier alpha value is -0.0400. The van der Waals surface area contributed by atoms with Crippen molar-refractivity contribution < 1.29 is 0 Å². The molecule has 3 fully saturated rings. The van der Waals surface area contributed by atoms with E-state index in [-0.39, 0.29) is 0 Å². The first-order valence-electron chi connectivity index (χ1n) is 8.41. The largest absolute Gasteiger partial charge is 0.315 e. The molecule has 0 heterocycles. The molecule has 3 bridgehead atoms. The van der Waals surface area contributed by atoms with Crippen LogP contribution in [0.2, 0.25) is 0 Å². The maximum Gasteiger partial charge on any atom is 0.00103 e. The normalized spacial score (nSPS) is 41.8. The van der Waals surface area contributed by atoms with E-state index in [1.165, 1.54) is 19.4 Å². The fraction of sp³-hybridized carbons (Fsp3) is 1.00. The molecular weight excluding hydrogens is 218 g/mol. The van der Waals surface area contributed by atoms with Crippen LogP contribution < -0.4 is 5.32 Å². The van der Waals surface area contributed by atoms with E-state index < -0.39 is 0 Å². The second-order valence-electron chi connectivity index (χ2n) is 7.81. The molecule has 1 heteroatoms. The Bertz CT molecular complexity index is 285. The highest BCUT2D eigenvalue weighted by atomic mass is 14.9. The molecule has 4 unspecified atom stereocenters. The minimum absolute atomic E-state index is 0.657. The summed E-state index contributed by atoms with van der Waals surface area (Å²) >= 11 is 0. The van der Waals surface area contributed by atoms with Crippen molar-refractivity contribution in [2.75, 3.05) is 6.54 Å². The summed E-state index contributed by atoms with van der Waals surface area (Å²) < 4.78 is 0. The van der Waals surface area contributed by atoms with Gasteiger partial charge in [0.15, 0.2) is 0 Å². The van der Waals surface area contributed by atoms with Gasteiger partial charge in [0.2, 0.25) is 0 Å². The maximum absolute atomic E-state index is 3.56. The van der Waals surface area contributed by atoms with Gasteiger partial charge in [-0.1, -0.05) is 26.7 Å². The molecule has 0 amide bonds. The van der Waals surface area contributed by atoms with Gasteiger partial charge in [-0.05, 0) is 74.7 Å². The van der Waals surface area contributed by atoms with Gasteiger partial charge in [-0.15, -0.1) is 0 Å². The summed E-state index contributed by atoms with van der Waals surface area (Å²) in [4.78, 5) is 0. The molecular formula is C17H31N. The molecule has 0 aromatic carbocycles. The van der Waals surface area contributed by atoms with Crippen LogP contribution in [0.1, 0.15) is 71.6 Å². The van der Waals surface area contributed by atoms with E-state index in [0.717, 1.165) is 23.2 Å². The fourth-order valence-electron chi connectivity index (χ4n) is 5.52. The number of fused-ring (bicyclic) bond motifs is 2. The molecule has 0 radical (unpaired) electrons. The van der Waals surface area contributed by atoms with Gasteiger partial charge in [0.05, 0.1) is 0 Å². The summed E-state index contributed by atoms with van der Waals surface area (Å²) in [6.45, 7) is 5.73. The summed E-state index contributed by atoms with van der Waals surface area (Å²) in [5.74, 6) is 3.38. The molecule has 3 saturated carbocycles. The van der Waals surface area contributed by atoms with Crippen LogP contribution in [0.4, 0.5) is 0 Å². The predicted octanol–water partition coefficient (Wildman–Crippen LogP) is 4.37. The zero-order valence-electron chi connectivity index (χ0n) is 12.4. The topological polar surface area (TPSA) is 12.0 Å². The molecule has 0 aromatic rings. The monoisotopic (exact) mass is 249 g/mol. The second-order valence-corrected chi connectivity index (χ2v) is 7.81. The molecule has 0 spiro atoms. The Kier molecular flexibility index (Phi) is 3.71. The molecule has 0 saturated heterocycles. The predicted molar refractivity (Wildman–Crippen MR) is 77.6 cm³/mol. The maximum atomic E-state index is 3.56. The van der Waals surface area contributed by atoms with Crippen molar-refractivity contribution in [3.63, 3.8) is 0 Å². The van der Waals surface area contributed by atoms with Crippen molar-refractivity contribution in [3.8, 4) is 0 Å². The van der Waals surface area contributed by atoms with Crippen molar-refractivity contribution in [1.29, 1.82) is 0 Å². The van der Waals surface area contributed by atoms with Gasteiger partial charge < -0.3 is 5.32 Å². The smallest absolute Gasteiger partial charge is 0.00103 e. The molecule has 4 atom stereocenters. The summed E-state index contributed by atoms with van der Waals surface area (Å²) in [5.41, 5.74) is 0.823. The Morgan fingerprint density at radius 2 is 1.89 bits per heavy atom. The lowest BCUT2D eigenvalue weighted by atomic mass is 9.60. The van der Waals surface area contributed by atoms with Gasteiger partial charge in [-0.3, -0.25) is 0 Å². The minimum Gasteiger partial charge on any atom is -0.315 e. The van der Waals surface area contributed by atoms with Crippen molar-refractivity contribution in [2.24, 2.45) is 23.2 Å². The first-order valence-corrected chi connectivity index (χ1v) is 8.41.